The van der Waals surface area contributed by atoms with Gasteiger partial charge >= 0.3 is 10.5 Å². The molecule has 1 aromatic carbocycles. The van der Waals surface area contributed by atoms with Gasteiger partial charge in [0.25, 0.3) is 0 Å². The maximum Gasteiger partial charge on any atom is 0.341 e. The highest BCUT2D eigenvalue weighted by Crippen LogP contribution is 2.26. The maximum absolute atomic E-state index is 5.48. The van der Waals surface area contributed by atoms with Crippen LogP contribution >= 0.6 is 0 Å². The Morgan fingerprint density at radius 2 is 1.75 bits per heavy atom. The minimum atomic E-state index is 0.160. The van der Waals surface area contributed by atoms with E-state index in [0.29, 0.717) is 5.75 Å². The van der Waals surface area contributed by atoms with E-state index in [1.54, 1.807) is 0 Å². The van der Waals surface area contributed by atoms with Crippen LogP contribution in [-0.2, 0) is 0 Å². The number of para-hydroxylation sites is 2. The lowest BCUT2D eigenvalue weighted by Crippen LogP contribution is -2.06. The first-order valence-electron chi connectivity index (χ1n) is 3.83. The molecule has 0 heterocycles. The van der Waals surface area contributed by atoms with Crippen LogP contribution < -0.4 is 9.16 Å². The van der Waals surface area contributed by atoms with Crippen LogP contribution in [0, 0.1) is 0 Å². The molecule has 0 aliphatic carbocycles. The van der Waals surface area contributed by atoms with E-state index in [0.717, 1.165) is 5.75 Å². The lowest BCUT2D eigenvalue weighted by molar-refractivity contribution is 0.236. The zero-order chi connectivity index (χ0) is 8.97. The summed E-state index contributed by atoms with van der Waals surface area (Å²) in [6.07, 6.45) is 0.160. The van der Waals surface area contributed by atoms with E-state index in [-0.39, 0.29) is 6.10 Å². The van der Waals surface area contributed by atoms with Gasteiger partial charge in [0.1, 0.15) is 5.75 Å². The molecule has 0 bridgehead atoms. The fraction of sp³-hybridized carbons (Fsp3) is 0.333. The zero-order valence-corrected chi connectivity index (χ0v) is 8.20. The summed E-state index contributed by atoms with van der Waals surface area (Å²) in [5.74, 6) is 1.45. The highest BCUT2D eigenvalue weighted by atomic mass is 28.2. The van der Waals surface area contributed by atoms with Crippen LogP contribution in [0.3, 0.4) is 0 Å². The smallest absolute Gasteiger partial charge is 0.341 e. The van der Waals surface area contributed by atoms with Crippen molar-refractivity contribution >= 4 is 10.5 Å². The lowest BCUT2D eigenvalue weighted by atomic mass is 10.3. The van der Waals surface area contributed by atoms with Crippen LogP contribution in [0.1, 0.15) is 13.8 Å². The summed E-state index contributed by atoms with van der Waals surface area (Å²) in [4.78, 5) is 0. The third-order valence-corrected chi connectivity index (χ3v) is 1.54. The minimum Gasteiger partial charge on any atom is -0.538 e. The summed E-state index contributed by atoms with van der Waals surface area (Å²) >= 11 is 0. The molecular weight excluding hydrogens is 168 g/mol. The lowest BCUT2D eigenvalue weighted by Gasteiger charge is -2.12. The summed E-state index contributed by atoms with van der Waals surface area (Å²) in [5.41, 5.74) is 0. The first-order valence-corrected chi connectivity index (χ1v) is 4.24. The quantitative estimate of drug-likeness (QED) is 0.660. The van der Waals surface area contributed by atoms with Crippen LogP contribution in [0.5, 0.6) is 11.5 Å². The maximum atomic E-state index is 5.48. The van der Waals surface area contributed by atoms with Crippen molar-refractivity contribution in [3.63, 3.8) is 0 Å². The van der Waals surface area contributed by atoms with Crippen LogP contribution in [0.25, 0.3) is 0 Å². The predicted molar refractivity (Wildman–Crippen MR) is 48.6 cm³/mol. The van der Waals surface area contributed by atoms with E-state index < -0.39 is 0 Å². The second-order valence-electron chi connectivity index (χ2n) is 2.72. The Morgan fingerprint density at radius 3 is 2.25 bits per heavy atom. The molecule has 12 heavy (non-hydrogen) atoms. The Bertz CT molecular complexity index is 248. The Kier molecular flexibility index (Phi) is 3.16. The van der Waals surface area contributed by atoms with E-state index >= 15 is 0 Å². The molecular formula is C9H11O2Si. The fourth-order valence-electron chi connectivity index (χ4n) is 0.886. The van der Waals surface area contributed by atoms with Gasteiger partial charge in [-0.25, -0.2) is 0 Å². The minimum absolute atomic E-state index is 0.160. The zero-order valence-electron chi connectivity index (χ0n) is 7.20. The van der Waals surface area contributed by atoms with Crippen molar-refractivity contribution in [3.8, 4) is 11.5 Å². The standard InChI is InChI=1S/C9H11O2Si/c1-7(2)10-8-5-3-4-6-9(8)11-12/h3-7H,1-2H3. The molecule has 0 spiro atoms. The topological polar surface area (TPSA) is 18.5 Å². The molecule has 3 heteroatoms. The van der Waals surface area contributed by atoms with Crippen molar-refractivity contribution in [1.29, 1.82) is 0 Å². The largest absolute Gasteiger partial charge is 0.538 e. The molecule has 0 unspecified atom stereocenters. The molecule has 0 N–H and O–H groups in total. The predicted octanol–water partition coefficient (Wildman–Crippen LogP) is 1.94. The van der Waals surface area contributed by atoms with E-state index in [1.807, 2.05) is 38.1 Å². The molecule has 3 radical (unpaired) electrons. The molecule has 2 nitrogen and oxygen atoms in total. The molecule has 0 aliphatic rings. The van der Waals surface area contributed by atoms with Crippen molar-refractivity contribution in [2.45, 2.75) is 20.0 Å². The molecule has 1 aromatic rings. The van der Waals surface area contributed by atoms with E-state index in [2.05, 4.69) is 10.5 Å². The average Bonchev–Trinajstić information content (AvgIpc) is 2.04. The summed E-state index contributed by atoms with van der Waals surface area (Å²) in [6, 6.07) is 7.51. The summed E-state index contributed by atoms with van der Waals surface area (Å²) in [5, 5.41) is 0. The van der Waals surface area contributed by atoms with Crippen LogP contribution in [0.2, 0.25) is 0 Å². The van der Waals surface area contributed by atoms with Gasteiger partial charge in [0.2, 0.25) is 0 Å². The van der Waals surface area contributed by atoms with E-state index in [1.165, 1.54) is 0 Å². The average molecular weight is 179 g/mol. The van der Waals surface area contributed by atoms with Crippen LogP contribution in [0.15, 0.2) is 24.3 Å². The van der Waals surface area contributed by atoms with Gasteiger partial charge in [-0.3, -0.25) is 0 Å². The highest BCUT2D eigenvalue weighted by Gasteiger charge is 2.02. The Hall–Kier alpha value is -0.963. The number of benzene rings is 1. The highest BCUT2D eigenvalue weighted by molar-refractivity contribution is 6.00. The number of hydrogen-bond donors (Lipinski definition) is 0. The third-order valence-electron chi connectivity index (χ3n) is 1.32. The molecule has 0 amide bonds. The SMILES string of the molecule is CC(C)Oc1ccccc1O[Si]. The Balaban J connectivity index is 2.82. The van der Waals surface area contributed by atoms with Crippen molar-refractivity contribution in [2.75, 3.05) is 0 Å². The van der Waals surface area contributed by atoms with Gasteiger partial charge in [0.05, 0.1) is 6.10 Å². The van der Waals surface area contributed by atoms with Crippen LogP contribution in [0.4, 0.5) is 0 Å². The molecule has 0 aromatic heterocycles. The van der Waals surface area contributed by atoms with Gasteiger partial charge in [-0.2, -0.15) is 0 Å². The van der Waals surface area contributed by atoms with Crippen molar-refractivity contribution < 1.29 is 9.16 Å². The molecule has 0 fully saturated rings. The van der Waals surface area contributed by atoms with Gasteiger partial charge in [-0.15, -0.1) is 0 Å². The van der Waals surface area contributed by atoms with Crippen molar-refractivity contribution in [2.24, 2.45) is 0 Å². The second-order valence-corrected chi connectivity index (χ2v) is 2.92. The van der Waals surface area contributed by atoms with Crippen molar-refractivity contribution in [3.05, 3.63) is 24.3 Å². The van der Waals surface area contributed by atoms with Crippen molar-refractivity contribution in [1.82, 2.24) is 0 Å². The first-order chi connectivity index (χ1) is 5.74. The molecule has 0 saturated heterocycles. The molecule has 0 atom stereocenters. The molecule has 1 rings (SSSR count). The number of hydrogen-bond acceptors (Lipinski definition) is 2. The normalized spacial score (nSPS) is 10.0. The third kappa shape index (κ3) is 2.27. The summed E-state index contributed by atoms with van der Waals surface area (Å²) < 4.78 is 10.4. The summed E-state index contributed by atoms with van der Waals surface area (Å²) in [7, 11) is 2.97. The van der Waals surface area contributed by atoms with Gasteiger partial charge in [0, 0.05) is 0 Å². The van der Waals surface area contributed by atoms with E-state index in [9.17, 15) is 0 Å². The first kappa shape index (κ1) is 9.13. The Labute approximate surface area is 76.0 Å². The molecule has 63 valence electrons. The van der Waals surface area contributed by atoms with Gasteiger partial charge in [-0.05, 0) is 26.0 Å². The van der Waals surface area contributed by atoms with Crippen LogP contribution in [-0.4, -0.2) is 16.6 Å². The second kappa shape index (κ2) is 4.16. The monoisotopic (exact) mass is 179 g/mol. The Morgan fingerprint density at radius 1 is 1.17 bits per heavy atom. The molecule has 0 saturated carbocycles. The van der Waals surface area contributed by atoms with E-state index in [4.69, 9.17) is 9.16 Å². The van der Waals surface area contributed by atoms with Gasteiger partial charge in [-0.1, -0.05) is 12.1 Å². The summed E-state index contributed by atoms with van der Waals surface area (Å²) in [6.45, 7) is 3.95. The number of ether oxygens (including phenoxy) is 1. The fourth-order valence-corrected chi connectivity index (χ4v) is 1.05. The molecule has 0 aliphatic heterocycles. The van der Waals surface area contributed by atoms with Gasteiger partial charge in [0.15, 0.2) is 5.75 Å². The van der Waals surface area contributed by atoms with Gasteiger partial charge < -0.3 is 9.16 Å². The number of rotatable bonds is 3.